The van der Waals surface area contributed by atoms with Crippen LogP contribution in [0.4, 0.5) is 22.0 Å². The van der Waals surface area contributed by atoms with Crippen molar-refractivity contribution < 1.29 is 36.2 Å². The number of methoxy groups -OCH3 is 2. The molecule has 2 rings (SSSR count). The lowest BCUT2D eigenvalue weighted by atomic mass is 10.3. The van der Waals surface area contributed by atoms with Gasteiger partial charge in [0.2, 0.25) is 11.6 Å². The van der Waals surface area contributed by atoms with Gasteiger partial charge in [0, 0.05) is 6.07 Å². The molecule has 0 unspecified atom stereocenters. The highest BCUT2D eigenvalue weighted by Gasteiger charge is 2.36. The Kier molecular flexibility index (Phi) is 4.57. The van der Waals surface area contributed by atoms with Crippen LogP contribution in [-0.4, -0.2) is 19.2 Å². The van der Waals surface area contributed by atoms with Gasteiger partial charge in [-0.3, -0.25) is 0 Å². The third-order valence-corrected chi connectivity index (χ3v) is 2.76. The van der Waals surface area contributed by atoms with Crippen molar-refractivity contribution in [2.24, 2.45) is 0 Å². The van der Waals surface area contributed by atoms with Crippen molar-refractivity contribution in [1.82, 2.24) is 4.98 Å². The van der Waals surface area contributed by atoms with Crippen LogP contribution in [0.15, 0.2) is 24.4 Å². The van der Waals surface area contributed by atoms with Crippen molar-refractivity contribution in [2.45, 2.75) is 6.18 Å². The fourth-order valence-corrected chi connectivity index (χ4v) is 1.76. The molecule has 0 amide bonds. The molecule has 0 aliphatic carbocycles. The molecule has 0 N–H and O–H groups in total. The average molecular weight is 335 g/mol. The lowest BCUT2D eigenvalue weighted by Gasteiger charge is -2.14. The molecule has 4 nitrogen and oxygen atoms in total. The minimum atomic E-state index is -4.70. The molecule has 9 heteroatoms. The van der Waals surface area contributed by atoms with E-state index in [2.05, 4.69) is 9.72 Å². The first-order valence-corrected chi connectivity index (χ1v) is 6.09. The second-order valence-corrected chi connectivity index (χ2v) is 4.21. The van der Waals surface area contributed by atoms with E-state index in [-0.39, 0.29) is 11.5 Å². The maximum Gasteiger partial charge on any atom is 0.437 e. The summed E-state index contributed by atoms with van der Waals surface area (Å²) in [5.74, 6) is -3.93. The summed E-state index contributed by atoms with van der Waals surface area (Å²) in [5.41, 5.74) is -1.23. The van der Waals surface area contributed by atoms with Crippen molar-refractivity contribution >= 4 is 0 Å². The van der Waals surface area contributed by atoms with Crippen molar-refractivity contribution in [3.05, 3.63) is 41.7 Å². The second kappa shape index (κ2) is 6.27. The first kappa shape index (κ1) is 16.8. The number of rotatable bonds is 4. The van der Waals surface area contributed by atoms with E-state index in [0.29, 0.717) is 0 Å². The molecule has 0 aliphatic rings. The molecule has 0 atom stereocenters. The van der Waals surface area contributed by atoms with E-state index >= 15 is 0 Å². The molecule has 0 radical (unpaired) electrons. The Balaban J connectivity index is 2.40. The Labute approximate surface area is 127 Å². The summed E-state index contributed by atoms with van der Waals surface area (Å²) in [6, 6.07) is 2.79. The molecule has 0 saturated heterocycles. The predicted molar refractivity (Wildman–Crippen MR) is 68.8 cm³/mol. The van der Waals surface area contributed by atoms with Crippen LogP contribution in [0.5, 0.6) is 23.0 Å². The van der Waals surface area contributed by atoms with Gasteiger partial charge in [0.25, 0.3) is 0 Å². The van der Waals surface area contributed by atoms with Gasteiger partial charge in [0.15, 0.2) is 23.0 Å². The molecule has 0 bridgehead atoms. The molecule has 2 aromatic rings. The van der Waals surface area contributed by atoms with Gasteiger partial charge in [-0.15, -0.1) is 0 Å². The van der Waals surface area contributed by atoms with E-state index in [1.165, 1.54) is 0 Å². The first-order chi connectivity index (χ1) is 10.8. The third-order valence-electron chi connectivity index (χ3n) is 2.76. The summed E-state index contributed by atoms with van der Waals surface area (Å²) in [4.78, 5) is 3.23. The van der Waals surface area contributed by atoms with Gasteiger partial charge in [-0.05, 0) is 12.1 Å². The van der Waals surface area contributed by atoms with Gasteiger partial charge in [-0.2, -0.15) is 17.6 Å². The number of benzene rings is 1. The summed E-state index contributed by atoms with van der Waals surface area (Å²) in [6.07, 6.45) is -3.92. The van der Waals surface area contributed by atoms with Crippen LogP contribution in [0.1, 0.15) is 5.69 Å². The normalized spacial score (nSPS) is 11.3. The van der Waals surface area contributed by atoms with Crippen molar-refractivity contribution in [3.8, 4) is 23.0 Å². The molecule has 1 aromatic heterocycles. The maximum atomic E-state index is 13.6. The molecule has 1 aromatic carbocycles. The predicted octanol–water partition coefficient (Wildman–Crippen LogP) is 4.19. The molecule has 0 spiro atoms. The Morgan fingerprint density at radius 1 is 1.00 bits per heavy atom. The number of hydrogen-bond acceptors (Lipinski definition) is 4. The lowest BCUT2D eigenvalue weighted by molar-refractivity contribution is -0.142. The van der Waals surface area contributed by atoms with Gasteiger partial charge in [0.05, 0.1) is 20.4 Å². The van der Waals surface area contributed by atoms with Crippen molar-refractivity contribution in [2.75, 3.05) is 14.2 Å². The fourth-order valence-electron chi connectivity index (χ4n) is 1.76. The Hall–Kier alpha value is -2.58. The monoisotopic (exact) mass is 335 g/mol. The van der Waals surface area contributed by atoms with Crippen molar-refractivity contribution in [3.63, 3.8) is 0 Å². The molecule has 0 aliphatic heterocycles. The van der Waals surface area contributed by atoms with E-state index < -0.39 is 35.0 Å². The number of halogens is 5. The van der Waals surface area contributed by atoms with Crippen LogP contribution in [0.25, 0.3) is 0 Å². The molecule has 124 valence electrons. The SMILES string of the molecule is COc1cc(Oc2ccc(F)c(F)c2OC)cnc1C(F)(F)F. The third kappa shape index (κ3) is 3.43. The highest BCUT2D eigenvalue weighted by atomic mass is 19.4. The van der Waals surface area contributed by atoms with E-state index in [1.54, 1.807) is 0 Å². The van der Waals surface area contributed by atoms with Crippen LogP contribution in [0.3, 0.4) is 0 Å². The summed E-state index contributed by atoms with van der Waals surface area (Å²) >= 11 is 0. The van der Waals surface area contributed by atoms with Crippen LogP contribution < -0.4 is 14.2 Å². The van der Waals surface area contributed by atoms with Gasteiger partial charge in [0.1, 0.15) is 5.75 Å². The number of pyridine rings is 1. The second-order valence-electron chi connectivity index (χ2n) is 4.21. The van der Waals surface area contributed by atoms with E-state index in [1.807, 2.05) is 0 Å². The zero-order chi connectivity index (χ0) is 17.2. The summed E-state index contributed by atoms with van der Waals surface area (Å²) in [6.45, 7) is 0. The number of ether oxygens (including phenoxy) is 3. The molecule has 1 heterocycles. The highest BCUT2D eigenvalue weighted by Crippen LogP contribution is 2.39. The fraction of sp³-hybridized carbons (Fsp3) is 0.214. The zero-order valence-corrected chi connectivity index (χ0v) is 11.9. The van der Waals surface area contributed by atoms with E-state index in [9.17, 15) is 22.0 Å². The topological polar surface area (TPSA) is 40.6 Å². The number of alkyl halides is 3. The number of nitrogens with zero attached hydrogens (tertiary/aromatic N) is 1. The summed E-state index contributed by atoms with van der Waals surface area (Å²) < 4.78 is 79.3. The van der Waals surface area contributed by atoms with Crippen molar-refractivity contribution in [1.29, 1.82) is 0 Å². The van der Waals surface area contributed by atoms with Gasteiger partial charge in [-0.1, -0.05) is 0 Å². The van der Waals surface area contributed by atoms with E-state index in [4.69, 9.17) is 9.47 Å². The highest BCUT2D eigenvalue weighted by molar-refractivity contribution is 5.45. The van der Waals surface area contributed by atoms with Crippen LogP contribution in [0, 0.1) is 11.6 Å². The van der Waals surface area contributed by atoms with Crippen LogP contribution in [0.2, 0.25) is 0 Å². The minimum Gasteiger partial charge on any atom is -0.494 e. The molecular weight excluding hydrogens is 325 g/mol. The molecule has 23 heavy (non-hydrogen) atoms. The quantitative estimate of drug-likeness (QED) is 0.786. The van der Waals surface area contributed by atoms with Gasteiger partial charge >= 0.3 is 6.18 Å². The Morgan fingerprint density at radius 2 is 1.70 bits per heavy atom. The molecular formula is C14H10F5NO3. The molecule has 0 saturated carbocycles. The van der Waals surface area contributed by atoms with Gasteiger partial charge in [-0.25, -0.2) is 9.37 Å². The zero-order valence-electron chi connectivity index (χ0n) is 11.9. The lowest BCUT2D eigenvalue weighted by Crippen LogP contribution is -2.10. The Bertz CT molecular complexity index is 718. The van der Waals surface area contributed by atoms with Crippen LogP contribution >= 0.6 is 0 Å². The smallest absolute Gasteiger partial charge is 0.437 e. The first-order valence-electron chi connectivity index (χ1n) is 6.09. The van der Waals surface area contributed by atoms with Gasteiger partial charge < -0.3 is 14.2 Å². The summed E-state index contributed by atoms with van der Waals surface area (Å²) in [5, 5.41) is 0. The number of hydrogen-bond donors (Lipinski definition) is 0. The largest absolute Gasteiger partial charge is 0.494 e. The average Bonchev–Trinajstić information content (AvgIpc) is 2.50. The summed E-state index contributed by atoms with van der Waals surface area (Å²) in [7, 11) is 2.13. The van der Waals surface area contributed by atoms with Crippen LogP contribution in [-0.2, 0) is 6.18 Å². The van der Waals surface area contributed by atoms with E-state index in [0.717, 1.165) is 38.6 Å². The maximum absolute atomic E-state index is 13.6. The Morgan fingerprint density at radius 3 is 2.26 bits per heavy atom. The molecule has 0 fully saturated rings. The standard InChI is InChI=1S/C14H10F5NO3/c1-21-10-5-7(6-20-13(10)14(17,18)19)23-9-4-3-8(15)11(16)12(9)22-2/h3-6H,1-2H3. The minimum absolute atomic E-state index is 0.167. The number of aromatic nitrogens is 1.